The van der Waals surface area contributed by atoms with Gasteiger partial charge in [0.2, 0.25) is 0 Å². The topological polar surface area (TPSA) is 55.6 Å². The third kappa shape index (κ3) is 2.43. The largest absolute Gasteiger partial charge is 0.495 e. The predicted molar refractivity (Wildman–Crippen MR) is 81.1 cm³/mol. The SMILES string of the molecule is COc1ccccc1NC(=O)c1nn2ccccc2c1Cl. The van der Waals surface area contributed by atoms with E-state index in [0.717, 1.165) is 0 Å². The van der Waals surface area contributed by atoms with Gasteiger partial charge in [-0.15, -0.1) is 0 Å². The van der Waals surface area contributed by atoms with Crippen LogP contribution in [-0.4, -0.2) is 22.6 Å². The second-order valence-corrected chi connectivity index (χ2v) is 4.73. The number of carbonyl (C=O) groups is 1. The number of aromatic nitrogens is 2. The molecule has 1 amide bonds. The van der Waals surface area contributed by atoms with Crippen LogP contribution in [0.15, 0.2) is 48.7 Å². The van der Waals surface area contributed by atoms with Crippen molar-refractivity contribution in [3.8, 4) is 5.75 Å². The van der Waals surface area contributed by atoms with Crippen molar-refractivity contribution in [3.63, 3.8) is 0 Å². The molecule has 0 saturated heterocycles. The fraction of sp³-hybridized carbons (Fsp3) is 0.0667. The number of halogens is 1. The quantitative estimate of drug-likeness (QED) is 0.808. The number of fused-ring (bicyclic) bond motifs is 1. The summed E-state index contributed by atoms with van der Waals surface area (Å²) in [7, 11) is 1.54. The number of rotatable bonds is 3. The number of amides is 1. The van der Waals surface area contributed by atoms with Gasteiger partial charge in [-0.3, -0.25) is 4.79 Å². The first kappa shape index (κ1) is 13.5. The molecule has 1 aromatic carbocycles. The van der Waals surface area contributed by atoms with Gasteiger partial charge in [-0.25, -0.2) is 4.52 Å². The van der Waals surface area contributed by atoms with E-state index >= 15 is 0 Å². The van der Waals surface area contributed by atoms with Gasteiger partial charge in [-0.2, -0.15) is 5.10 Å². The van der Waals surface area contributed by atoms with E-state index in [0.29, 0.717) is 22.0 Å². The molecule has 0 saturated carbocycles. The third-order valence-electron chi connectivity index (χ3n) is 3.05. The van der Waals surface area contributed by atoms with E-state index in [1.807, 2.05) is 24.3 Å². The number of carbonyl (C=O) groups excluding carboxylic acids is 1. The average Bonchev–Trinajstić information content (AvgIpc) is 2.85. The first-order chi connectivity index (χ1) is 10.2. The van der Waals surface area contributed by atoms with Crippen LogP contribution in [0.2, 0.25) is 5.02 Å². The number of hydrogen-bond donors (Lipinski definition) is 1. The number of nitrogens with one attached hydrogen (secondary N) is 1. The standard InChI is InChI=1S/C15H12ClN3O2/c1-21-12-8-3-2-6-10(12)17-15(20)14-13(16)11-7-4-5-9-19(11)18-14/h2-9H,1H3,(H,17,20). The molecule has 6 heteroatoms. The molecule has 3 rings (SSSR count). The van der Waals surface area contributed by atoms with Crippen LogP contribution in [0.4, 0.5) is 5.69 Å². The van der Waals surface area contributed by atoms with Crippen molar-refractivity contribution in [3.05, 3.63) is 59.4 Å². The minimum atomic E-state index is -0.381. The van der Waals surface area contributed by atoms with Crippen LogP contribution in [0.5, 0.6) is 5.75 Å². The minimum Gasteiger partial charge on any atom is -0.495 e. The Labute approximate surface area is 126 Å². The molecule has 2 heterocycles. The summed E-state index contributed by atoms with van der Waals surface area (Å²) in [5.74, 6) is 0.193. The lowest BCUT2D eigenvalue weighted by Gasteiger charge is -2.08. The van der Waals surface area contributed by atoms with Crippen molar-refractivity contribution in [2.75, 3.05) is 12.4 Å². The summed E-state index contributed by atoms with van der Waals surface area (Å²) in [6.07, 6.45) is 1.74. The number of benzene rings is 1. The average molecular weight is 302 g/mol. The Morgan fingerprint density at radius 3 is 2.76 bits per heavy atom. The smallest absolute Gasteiger partial charge is 0.277 e. The van der Waals surface area contributed by atoms with Crippen LogP contribution in [0, 0.1) is 0 Å². The van der Waals surface area contributed by atoms with Crippen molar-refractivity contribution in [2.24, 2.45) is 0 Å². The molecule has 0 aliphatic rings. The number of para-hydroxylation sites is 2. The second-order valence-electron chi connectivity index (χ2n) is 4.35. The normalized spacial score (nSPS) is 10.6. The Balaban J connectivity index is 1.96. The Kier molecular flexibility index (Phi) is 3.50. The summed E-state index contributed by atoms with van der Waals surface area (Å²) >= 11 is 6.22. The van der Waals surface area contributed by atoms with E-state index in [-0.39, 0.29) is 11.6 Å². The highest BCUT2D eigenvalue weighted by atomic mass is 35.5. The van der Waals surface area contributed by atoms with Gasteiger partial charge in [-0.05, 0) is 24.3 Å². The molecule has 0 fully saturated rings. The molecule has 0 unspecified atom stereocenters. The van der Waals surface area contributed by atoms with E-state index in [2.05, 4.69) is 10.4 Å². The highest BCUT2D eigenvalue weighted by Crippen LogP contribution is 2.26. The number of anilines is 1. The van der Waals surface area contributed by atoms with Crippen LogP contribution in [0.1, 0.15) is 10.5 Å². The fourth-order valence-corrected chi connectivity index (χ4v) is 2.32. The molecular weight excluding hydrogens is 290 g/mol. The van der Waals surface area contributed by atoms with E-state index in [9.17, 15) is 4.79 Å². The predicted octanol–water partition coefficient (Wildman–Crippen LogP) is 3.25. The summed E-state index contributed by atoms with van der Waals surface area (Å²) in [6.45, 7) is 0. The molecule has 2 aromatic heterocycles. The van der Waals surface area contributed by atoms with E-state index in [4.69, 9.17) is 16.3 Å². The van der Waals surface area contributed by atoms with Crippen molar-refractivity contribution < 1.29 is 9.53 Å². The first-order valence-corrected chi connectivity index (χ1v) is 6.65. The fourth-order valence-electron chi connectivity index (χ4n) is 2.04. The van der Waals surface area contributed by atoms with Crippen molar-refractivity contribution >= 4 is 28.7 Å². The Morgan fingerprint density at radius 1 is 1.24 bits per heavy atom. The summed E-state index contributed by atoms with van der Waals surface area (Å²) in [4.78, 5) is 12.3. The third-order valence-corrected chi connectivity index (χ3v) is 3.42. The highest BCUT2D eigenvalue weighted by Gasteiger charge is 2.18. The van der Waals surface area contributed by atoms with Gasteiger partial charge in [0.15, 0.2) is 5.69 Å². The molecule has 0 aliphatic heterocycles. The maximum Gasteiger partial charge on any atom is 0.277 e. The molecule has 0 radical (unpaired) electrons. The number of methoxy groups -OCH3 is 1. The second kappa shape index (κ2) is 5.46. The van der Waals surface area contributed by atoms with Gasteiger partial charge in [0.05, 0.1) is 23.3 Å². The van der Waals surface area contributed by atoms with Crippen LogP contribution in [0.25, 0.3) is 5.52 Å². The van der Waals surface area contributed by atoms with Crippen molar-refractivity contribution in [1.29, 1.82) is 0 Å². The van der Waals surface area contributed by atoms with Gasteiger partial charge in [0, 0.05) is 6.20 Å². The molecule has 5 nitrogen and oxygen atoms in total. The molecule has 106 valence electrons. The Morgan fingerprint density at radius 2 is 2.00 bits per heavy atom. The minimum absolute atomic E-state index is 0.175. The maximum atomic E-state index is 12.3. The summed E-state index contributed by atoms with van der Waals surface area (Å²) in [5.41, 5.74) is 1.43. The zero-order chi connectivity index (χ0) is 14.8. The lowest BCUT2D eigenvalue weighted by molar-refractivity contribution is 0.102. The van der Waals surface area contributed by atoms with Crippen LogP contribution in [-0.2, 0) is 0 Å². The van der Waals surface area contributed by atoms with E-state index in [1.54, 1.807) is 36.0 Å². The highest BCUT2D eigenvalue weighted by molar-refractivity contribution is 6.37. The monoisotopic (exact) mass is 301 g/mol. The van der Waals surface area contributed by atoms with Crippen molar-refractivity contribution in [1.82, 2.24) is 9.61 Å². The number of hydrogen-bond acceptors (Lipinski definition) is 3. The molecule has 21 heavy (non-hydrogen) atoms. The molecule has 3 aromatic rings. The van der Waals surface area contributed by atoms with Crippen LogP contribution in [0.3, 0.4) is 0 Å². The van der Waals surface area contributed by atoms with Gasteiger partial charge >= 0.3 is 0 Å². The lowest BCUT2D eigenvalue weighted by atomic mass is 10.2. The maximum absolute atomic E-state index is 12.3. The summed E-state index contributed by atoms with van der Waals surface area (Å²) in [6, 6.07) is 12.6. The van der Waals surface area contributed by atoms with Crippen LogP contribution < -0.4 is 10.1 Å². The van der Waals surface area contributed by atoms with Gasteiger partial charge in [0.25, 0.3) is 5.91 Å². The molecular formula is C15H12ClN3O2. The van der Waals surface area contributed by atoms with Crippen molar-refractivity contribution in [2.45, 2.75) is 0 Å². The Hall–Kier alpha value is -2.53. The summed E-state index contributed by atoms with van der Waals surface area (Å²) < 4.78 is 6.77. The number of nitrogens with zero attached hydrogens (tertiary/aromatic N) is 2. The summed E-state index contributed by atoms with van der Waals surface area (Å²) in [5, 5.41) is 7.27. The lowest BCUT2D eigenvalue weighted by Crippen LogP contribution is -2.13. The van der Waals surface area contributed by atoms with Gasteiger partial charge in [-0.1, -0.05) is 29.8 Å². The number of ether oxygens (including phenoxy) is 1. The number of pyridine rings is 1. The first-order valence-electron chi connectivity index (χ1n) is 6.28. The molecule has 0 bridgehead atoms. The zero-order valence-electron chi connectivity index (χ0n) is 11.2. The van der Waals surface area contributed by atoms with Gasteiger partial charge in [0.1, 0.15) is 5.75 Å². The Bertz CT molecular complexity index is 814. The molecule has 1 N–H and O–H groups in total. The van der Waals surface area contributed by atoms with E-state index in [1.165, 1.54) is 0 Å². The zero-order valence-corrected chi connectivity index (χ0v) is 12.0. The van der Waals surface area contributed by atoms with Crippen LogP contribution >= 0.6 is 11.6 Å². The van der Waals surface area contributed by atoms with E-state index < -0.39 is 0 Å². The molecule has 0 aliphatic carbocycles. The van der Waals surface area contributed by atoms with Gasteiger partial charge < -0.3 is 10.1 Å². The molecule has 0 atom stereocenters. The molecule has 0 spiro atoms.